The van der Waals surface area contributed by atoms with Crippen LogP contribution in [0.5, 0.6) is 11.5 Å². The first-order chi connectivity index (χ1) is 22.7. The van der Waals surface area contributed by atoms with Gasteiger partial charge in [0.05, 0.1) is 23.9 Å². The van der Waals surface area contributed by atoms with Crippen LogP contribution < -0.4 is 9.47 Å². The Morgan fingerprint density at radius 2 is 1.44 bits per heavy atom. The van der Waals surface area contributed by atoms with Gasteiger partial charge in [0.15, 0.2) is 15.5 Å². The molecule has 0 bridgehead atoms. The van der Waals surface area contributed by atoms with Crippen molar-refractivity contribution in [2.24, 2.45) is 5.16 Å². The molecule has 4 aromatic rings. The van der Waals surface area contributed by atoms with E-state index in [0.29, 0.717) is 17.5 Å². The lowest BCUT2D eigenvalue weighted by Crippen LogP contribution is -2.25. The van der Waals surface area contributed by atoms with E-state index in [2.05, 4.69) is 5.16 Å². The number of ether oxygens (including phenoxy) is 2. The number of hydrogen-bond donors (Lipinski definition) is 1. The number of fused-ring (bicyclic) bond motifs is 3. The van der Waals surface area contributed by atoms with Crippen LogP contribution >= 0.6 is 0 Å². The minimum Gasteiger partial charge on any atom is -0.493 e. The Morgan fingerprint density at radius 3 is 2.00 bits per heavy atom. The molecule has 0 spiro atoms. The van der Waals surface area contributed by atoms with Crippen molar-refractivity contribution < 1.29 is 49.4 Å². The molecule has 1 N–H and O–H groups in total. The lowest BCUT2D eigenvalue weighted by atomic mass is 9.88. The van der Waals surface area contributed by atoms with E-state index in [0.717, 1.165) is 23.3 Å². The monoisotopic (exact) mass is 691 g/mol. The predicted octanol–water partition coefficient (Wildman–Crippen LogP) is 8.72. The van der Waals surface area contributed by atoms with E-state index in [-0.39, 0.29) is 64.9 Å². The van der Waals surface area contributed by atoms with E-state index < -0.39 is 33.8 Å². The van der Waals surface area contributed by atoms with Crippen molar-refractivity contribution in [1.29, 1.82) is 0 Å². The summed E-state index contributed by atoms with van der Waals surface area (Å²) in [7, 11) is -4.05. The topological polar surface area (TPSA) is 85.2 Å². The van der Waals surface area contributed by atoms with Gasteiger partial charge in [-0.15, -0.1) is 0 Å². The molecule has 48 heavy (non-hydrogen) atoms. The Kier molecular flexibility index (Phi) is 10.1. The quantitative estimate of drug-likeness (QED) is 0.0465. The highest BCUT2D eigenvalue weighted by molar-refractivity contribution is 7.91. The molecule has 1 unspecified atom stereocenters. The summed E-state index contributed by atoms with van der Waals surface area (Å²) in [5, 5.41) is 11.0. The van der Waals surface area contributed by atoms with Crippen LogP contribution in [0.3, 0.4) is 0 Å². The highest BCUT2D eigenvalue weighted by Crippen LogP contribution is 2.48. The minimum atomic E-state index is -4.83. The van der Waals surface area contributed by atoms with Gasteiger partial charge in [0.1, 0.15) is 17.4 Å². The first kappa shape index (κ1) is 34.8. The third-order valence-electron chi connectivity index (χ3n) is 7.92. The van der Waals surface area contributed by atoms with Gasteiger partial charge in [-0.3, -0.25) is 0 Å². The molecule has 0 heterocycles. The van der Waals surface area contributed by atoms with Crippen molar-refractivity contribution in [2.75, 3.05) is 19.0 Å². The summed E-state index contributed by atoms with van der Waals surface area (Å²) < 4.78 is 121. The maximum absolute atomic E-state index is 14.8. The molecule has 0 aromatic heterocycles. The molecule has 1 aliphatic carbocycles. The number of hydrogen-bond acceptors (Lipinski definition) is 6. The highest BCUT2D eigenvalue weighted by Gasteiger charge is 2.45. The fraction of sp³-hybridized carbons (Fsp3) is 0.286. The van der Waals surface area contributed by atoms with Crippen LogP contribution in [0, 0.1) is 0 Å². The smallest absolute Gasteiger partial charge is 0.437 e. The molecular formula is C35H31F6NO5S. The molecule has 6 nitrogen and oxygen atoms in total. The number of alkyl halides is 6. The summed E-state index contributed by atoms with van der Waals surface area (Å²) in [4.78, 5) is -0.252. The average molecular weight is 692 g/mol. The molecule has 1 aliphatic rings. The van der Waals surface area contributed by atoms with Gasteiger partial charge in [0.2, 0.25) is 0 Å². The summed E-state index contributed by atoms with van der Waals surface area (Å²) >= 11 is 0. The maximum atomic E-state index is 14.8. The summed E-state index contributed by atoms with van der Waals surface area (Å²) in [5.41, 5.74) is 0.477. The van der Waals surface area contributed by atoms with Gasteiger partial charge in [-0.1, -0.05) is 60.6 Å². The molecule has 0 amide bonds. The van der Waals surface area contributed by atoms with Gasteiger partial charge in [-0.2, -0.15) is 26.3 Å². The summed E-state index contributed by atoms with van der Waals surface area (Å²) in [6.07, 6.45) is -8.81. The first-order valence-electron chi connectivity index (χ1n) is 15.0. The maximum Gasteiger partial charge on any atom is 0.437 e. The van der Waals surface area contributed by atoms with Gasteiger partial charge in [0, 0.05) is 12.0 Å². The van der Waals surface area contributed by atoms with Crippen LogP contribution in [0.2, 0.25) is 0 Å². The second kappa shape index (κ2) is 13.9. The Hall–Kier alpha value is -4.52. The molecule has 13 heteroatoms. The molecule has 5 rings (SSSR count). The van der Waals surface area contributed by atoms with Crippen molar-refractivity contribution in [3.05, 3.63) is 113 Å². The van der Waals surface area contributed by atoms with E-state index in [1.54, 1.807) is 13.0 Å². The fourth-order valence-corrected chi connectivity index (χ4v) is 7.74. The van der Waals surface area contributed by atoms with E-state index in [1.807, 2.05) is 24.3 Å². The van der Waals surface area contributed by atoms with Crippen LogP contribution in [0.15, 0.2) is 95.0 Å². The lowest BCUT2D eigenvalue weighted by molar-refractivity contribution is -0.141. The number of rotatable bonds is 12. The van der Waals surface area contributed by atoms with Gasteiger partial charge in [0.25, 0.3) is 0 Å². The van der Waals surface area contributed by atoms with E-state index in [1.165, 1.54) is 42.5 Å². The van der Waals surface area contributed by atoms with Crippen molar-refractivity contribution >= 4 is 15.5 Å². The van der Waals surface area contributed by atoms with Crippen molar-refractivity contribution in [3.63, 3.8) is 0 Å². The molecule has 0 saturated heterocycles. The number of sulfone groups is 1. The molecule has 0 saturated carbocycles. The molecule has 0 fully saturated rings. The number of nitrogens with zero attached hydrogens (tertiary/aromatic N) is 1. The third-order valence-corrected chi connectivity index (χ3v) is 9.97. The van der Waals surface area contributed by atoms with Crippen molar-refractivity contribution in [1.82, 2.24) is 0 Å². The Morgan fingerprint density at radius 1 is 0.833 bits per heavy atom. The molecule has 1 atom stereocenters. The zero-order valence-electron chi connectivity index (χ0n) is 25.6. The van der Waals surface area contributed by atoms with Crippen LogP contribution in [-0.4, -0.2) is 50.7 Å². The van der Waals surface area contributed by atoms with Gasteiger partial charge < -0.3 is 14.7 Å². The third kappa shape index (κ3) is 7.46. The normalized spacial score (nSPS) is 13.9. The molecule has 0 aliphatic heterocycles. The predicted molar refractivity (Wildman–Crippen MR) is 168 cm³/mol. The largest absolute Gasteiger partial charge is 0.493 e. The van der Waals surface area contributed by atoms with Gasteiger partial charge >= 0.3 is 12.4 Å². The lowest BCUT2D eigenvalue weighted by Gasteiger charge is -2.25. The zero-order chi connectivity index (χ0) is 34.7. The number of oxime groups is 1. The van der Waals surface area contributed by atoms with Gasteiger partial charge in [-0.25, -0.2) is 8.42 Å². The van der Waals surface area contributed by atoms with Crippen LogP contribution in [0.25, 0.3) is 11.1 Å². The standard InChI is InChI=1S/C35H31F6NO5S/c1-2-20-48(44,45)32-29(17-16-28-27-7-4-3-6-24(27)21-30(28)32)31(34(36,37)38)22-8-12-25(13-9-22)46-18-5-19-47-26-14-10-23(11-15-26)33(42-43)35(39,40)41/h3-4,6-17,31,43H,2,5,18-21H2,1H3. The van der Waals surface area contributed by atoms with Crippen molar-refractivity contribution in [3.8, 4) is 22.6 Å². The number of benzene rings is 4. The molecule has 254 valence electrons. The Labute approximate surface area is 273 Å². The molecular weight excluding hydrogens is 660 g/mol. The Bertz CT molecular complexity index is 1890. The SMILES string of the molecule is CCCS(=O)(=O)c1c(C(c2ccc(OCCCOc3ccc(C(=NO)C(F)(F)F)cc3)cc2)C(F)(F)F)ccc2c1Cc1ccccc1-2. The van der Waals surface area contributed by atoms with E-state index in [9.17, 15) is 34.8 Å². The highest BCUT2D eigenvalue weighted by atomic mass is 32.2. The average Bonchev–Trinajstić information content (AvgIpc) is 3.39. The fourth-order valence-electron chi connectivity index (χ4n) is 5.89. The van der Waals surface area contributed by atoms with E-state index >= 15 is 0 Å². The summed E-state index contributed by atoms with van der Waals surface area (Å²) in [5.74, 6) is -1.92. The minimum absolute atomic E-state index is 0.125. The van der Waals surface area contributed by atoms with E-state index in [4.69, 9.17) is 14.7 Å². The summed E-state index contributed by atoms with van der Waals surface area (Å²) in [6, 6.07) is 20.3. The van der Waals surface area contributed by atoms with Gasteiger partial charge in [-0.05, 0) is 82.6 Å². The van der Waals surface area contributed by atoms with Crippen LogP contribution in [0.1, 0.15) is 53.5 Å². The van der Waals surface area contributed by atoms with Crippen molar-refractivity contribution in [2.45, 2.75) is 49.4 Å². The molecule has 0 radical (unpaired) electrons. The summed E-state index contributed by atoms with van der Waals surface area (Å²) in [6.45, 7) is 1.93. The first-order valence-corrected chi connectivity index (χ1v) is 16.7. The number of halogens is 6. The van der Waals surface area contributed by atoms with Crippen LogP contribution in [0.4, 0.5) is 26.3 Å². The second-order valence-electron chi connectivity index (χ2n) is 11.2. The Balaban J connectivity index is 1.29. The van der Waals surface area contributed by atoms with Crippen LogP contribution in [-0.2, 0) is 16.3 Å². The zero-order valence-corrected chi connectivity index (χ0v) is 26.4. The molecule has 4 aromatic carbocycles. The second-order valence-corrected chi connectivity index (χ2v) is 13.3.